The molecule has 0 saturated carbocycles. The summed E-state index contributed by atoms with van der Waals surface area (Å²) in [6, 6.07) is 0. The minimum absolute atomic E-state index is 0. The molecule has 1 nitrogen and oxygen atoms in total. The quantitative estimate of drug-likeness (QED) is 0.401. The Hall–Kier alpha value is 1.20. The molecule has 0 unspecified atom stereocenters. The molecule has 0 aromatic heterocycles. The summed E-state index contributed by atoms with van der Waals surface area (Å²) >= 11 is 0. The molecule has 0 bridgehead atoms. The molecule has 0 aliphatic rings. The zero-order chi connectivity index (χ0) is 5.21. The summed E-state index contributed by atoms with van der Waals surface area (Å²) in [6.07, 6.45) is 0. The van der Waals surface area contributed by atoms with E-state index in [4.69, 9.17) is 4.74 Å². The third-order valence-electron chi connectivity index (χ3n) is 0.612. The van der Waals surface area contributed by atoms with Crippen LogP contribution in [0, 0.1) is 0 Å². The van der Waals surface area contributed by atoms with Crippen LogP contribution in [0.4, 0.5) is 0 Å². The topological polar surface area (TPSA) is 9.23 Å². The monoisotopic (exact) mass is 264 g/mol. The van der Waals surface area contributed by atoms with Crippen molar-refractivity contribution in [1.82, 2.24) is 0 Å². The third kappa shape index (κ3) is 27.0. The Morgan fingerprint density at radius 1 is 1.00 bits per heavy atom. The molecule has 0 aromatic rings. The molecule has 0 atom stereocenters. The van der Waals surface area contributed by atoms with Crippen molar-refractivity contribution in [2.75, 3.05) is 7.11 Å². The molecule has 0 radical (unpaired) electrons. The summed E-state index contributed by atoms with van der Waals surface area (Å²) in [7, 11) is 1.71. The summed E-state index contributed by atoms with van der Waals surface area (Å²) in [6.45, 7) is 6.06. The molecule has 0 N–H and O–H groups in total. The van der Waals surface area contributed by atoms with Crippen molar-refractivity contribution < 1.29 is 50.0 Å². The van der Waals surface area contributed by atoms with Gasteiger partial charge in [-0.1, -0.05) is 0 Å². The Morgan fingerprint density at radius 2 is 1.11 bits per heavy atom. The fourth-order valence-corrected chi connectivity index (χ4v) is 0. The Labute approximate surface area is 83.4 Å². The van der Waals surface area contributed by atoms with Crippen LogP contribution in [-0.2, 0) is 25.2 Å². The van der Waals surface area contributed by atoms with Crippen LogP contribution in [0.3, 0.4) is 0 Å². The number of ether oxygens (including phenoxy) is 1. The second kappa shape index (κ2) is 9.20. The zero-order valence-electron chi connectivity index (χ0n) is 5.98. The van der Waals surface area contributed by atoms with Crippen molar-refractivity contribution in [1.29, 1.82) is 0 Å². The van der Waals surface area contributed by atoms with Crippen LogP contribution in [0.15, 0.2) is 0 Å². The minimum Gasteiger partial charge on any atom is -1.00 e. The van der Waals surface area contributed by atoms with Gasteiger partial charge < -0.3 is 29.6 Å². The van der Waals surface area contributed by atoms with Gasteiger partial charge in [0.2, 0.25) is 0 Å². The molecule has 0 fully saturated rings. The van der Waals surface area contributed by atoms with Gasteiger partial charge in [0.05, 0.1) is 5.60 Å². The number of hydrogen-bond acceptors (Lipinski definition) is 1. The van der Waals surface area contributed by atoms with E-state index in [2.05, 4.69) is 0 Å². The van der Waals surface area contributed by atoms with Gasteiger partial charge in [0.1, 0.15) is 0 Å². The van der Waals surface area contributed by atoms with Crippen LogP contribution < -0.4 is 24.8 Å². The van der Waals surface area contributed by atoms with Gasteiger partial charge in [-0.3, -0.25) is 0 Å². The maximum Gasteiger partial charge on any atom is 2.00 e. The number of halogens is 2. The predicted molar refractivity (Wildman–Crippen MR) is 26.8 cm³/mol. The van der Waals surface area contributed by atoms with E-state index >= 15 is 0 Å². The molecule has 62 valence electrons. The second-order valence-corrected chi connectivity index (χ2v) is 2.32. The maximum absolute atomic E-state index is 4.94. The third-order valence-corrected chi connectivity index (χ3v) is 0.612. The van der Waals surface area contributed by atoms with Crippen molar-refractivity contribution in [3.8, 4) is 0 Å². The van der Waals surface area contributed by atoms with E-state index in [-0.39, 0.29) is 50.8 Å². The predicted octanol–water partition coefficient (Wildman–Crippen LogP) is -4.56. The van der Waals surface area contributed by atoms with Gasteiger partial charge in [0.15, 0.2) is 0 Å². The van der Waals surface area contributed by atoms with Gasteiger partial charge in [-0.2, -0.15) is 0 Å². The van der Waals surface area contributed by atoms with Gasteiger partial charge in [0.25, 0.3) is 0 Å². The normalized spacial score (nSPS) is 8.00. The molecule has 0 heterocycles. The van der Waals surface area contributed by atoms with E-state index < -0.39 is 0 Å². The van der Waals surface area contributed by atoms with E-state index in [0.717, 1.165) is 0 Å². The first-order chi connectivity index (χ1) is 2.56. The van der Waals surface area contributed by atoms with Crippen LogP contribution in [-0.4, -0.2) is 12.7 Å². The Balaban J connectivity index is -0.0000000417. The fraction of sp³-hybridized carbons (Fsp3) is 1.00. The molecular formula is C5H12Cl2OPd. The summed E-state index contributed by atoms with van der Waals surface area (Å²) in [5.74, 6) is 0. The first kappa shape index (κ1) is 22.5. The standard InChI is InChI=1S/C5H12O.2ClH.Pd/c1-5(2,3)6-4;;;/h1-4H3;2*1H;/q;;;+2/p-2. The average molecular weight is 265 g/mol. The molecule has 0 saturated heterocycles. The van der Waals surface area contributed by atoms with Crippen LogP contribution in [0.25, 0.3) is 0 Å². The first-order valence-corrected chi connectivity index (χ1v) is 2.11. The van der Waals surface area contributed by atoms with E-state index in [9.17, 15) is 0 Å². The summed E-state index contributed by atoms with van der Waals surface area (Å²) in [4.78, 5) is 0. The molecule has 0 amide bonds. The van der Waals surface area contributed by atoms with Crippen LogP contribution in [0.5, 0.6) is 0 Å². The SMILES string of the molecule is COC(C)(C)C.[Cl-].[Cl-].[Pd+2]. The number of methoxy groups -OCH3 is 1. The van der Waals surface area contributed by atoms with Crippen LogP contribution in [0.2, 0.25) is 0 Å². The maximum atomic E-state index is 4.94. The van der Waals surface area contributed by atoms with Crippen molar-refractivity contribution in [3.05, 3.63) is 0 Å². The van der Waals surface area contributed by atoms with Gasteiger partial charge in [-0.25, -0.2) is 0 Å². The summed E-state index contributed by atoms with van der Waals surface area (Å²) < 4.78 is 4.94. The minimum atomic E-state index is 0. The van der Waals surface area contributed by atoms with Gasteiger partial charge >= 0.3 is 20.4 Å². The molecule has 9 heavy (non-hydrogen) atoms. The van der Waals surface area contributed by atoms with Crippen molar-refractivity contribution in [2.24, 2.45) is 0 Å². The number of rotatable bonds is 0. The summed E-state index contributed by atoms with van der Waals surface area (Å²) in [5, 5.41) is 0. The smallest absolute Gasteiger partial charge is 1.00 e. The second-order valence-electron chi connectivity index (χ2n) is 2.32. The fourth-order valence-electron chi connectivity index (χ4n) is 0. The van der Waals surface area contributed by atoms with Crippen molar-refractivity contribution in [2.45, 2.75) is 26.4 Å². The Bertz CT molecular complexity index is 44.7. The van der Waals surface area contributed by atoms with Crippen molar-refractivity contribution >= 4 is 0 Å². The molecule has 0 aromatic carbocycles. The largest absolute Gasteiger partial charge is 2.00 e. The molecule has 0 aliphatic carbocycles. The Morgan fingerprint density at radius 3 is 1.11 bits per heavy atom. The average Bonchev–Trinajstić information content (AvgIpc) is 1.35. The van der Waals surface area contributed by atoms with E-state index in [0.29, 0.717) is 0 Å². The van der Waals surface area contributed by atoms with E-state index in [1.165, 1.54) is 0 Å². The van der Waals surface area contributed by atoms with Crippen LogP contribution >= 0.6 is 0 Å². The Kier molecular flexibility index (Phi) is 23.0. The zero-order valence-corrected chi connectivity index (χ0v) is 9.05. The van der Waals surface area contributed by atoms with Gasteiger partial charge in [-0.15, -0.1) is 0 Å². The molecule has 0 spiro atoms. The molecule has 0 aliphatic heterocycles. The van der Waals surface area contributed by atoms with Gasteiger partial charge in [-0.05, 0) is 20.8 Å². The van der Waals surface area contributed by atoms with Gasteiger partial charge in [0, 0.05) is 7.11 Å². The first-order valence-electron chi connectivity index (χ1n) is 2.11. The molecule has 4 heteroatoms. The molecular weight excluding hydrogens is 253 g/mol. The number of hydrogen-bond donors (Lipinski definition) is 0. The molecule has 0 rings (SSSR count). The van der Waals surface area contributed by atoms with Crippen LogP contribution in [0.1, 0.15) is 20.8 Å². The van der Waals surface area contributed by atoms with E-state index in [1.807, 2.05) is 20.8 Å². The van der Waals surface area contributed by atoms with E-state index in [1.54, 1.807) is 7.11 Å². The van der Waals surface area contributed by atoms with Crippen molar-refractivity contribution in [3.63, 3.8) is 0 Å². The summed E-state index contributed by atoms with van der Waals surface area (Å²) in [5.41, 5.74) is 0.0417.